The Bertz CT molecular complexity index is 713. The third-order valence-corrected chi connectivity index (χ3v) is 4.38. The second kappa shape index (κ2) is 4.69. The monoisotopic (exact) mass is 286 g/mol. The molecular weight excluding hydrogens is 266 g/mol. The average Bonchev–Trinajstić information content (AvgIpc) is 2.88. The molecule has 0 unspecified atom stereocenters. The zero-order valence-corrected chi connectivity index (χ0v) is 12.9. The molecule has 0 fully saturated rings. The first-order chi connectivity index (χ1) is 10.0. The van der Waals surface area contributed by atoms with Crippen molar-refractivity contribution < 1.29 is 14.2 Å². The van der Waals surface area contributed by atoms with E-state index < -0.39 is 0 Å². The maximum atomic E-state index is 12.3. The van der Waals surface area contributed by atoms with Gasteiger partial charge >= 0.3 is 0 Å². The fourth-order valence-electron chi connectivity index (χ4n) is 3.33. The minimum absolute atomic E-state index is 0.177. The molecule has 2 heterocycles. The Hall–Kier alpha value is -2.17. The van der Waals surface area contributed by atoms with Gasteiger partial charge in [0.15, 0.2) is 11.0 Å². The van der Waals surface area contributed by atoms with Crippen molar-refractivity contribution in [2.24, 2.45) is 0 Å². The van der Waals surface area contributed by atoms with Gasteiger partial charge in [-0.2, -0.15) is 0 Å². The van der Waals surface area contributed by atoms with Gasteiger partial charge in [0.1, 0.15) is 0 Å². The number of fused-ring (bicyclic) bond motifs is 2. The third-order valence-electron chi connectivity index (χ3n) is 4.38. The van der Waals surface area contributed by atoms with E-state index in [1.54, 1.807) is 0 Å². The van der Waals surface area contributed by atoms with Crippen LogP contribution in [0.2, 0.25) is 0 Å². The van der Waals surface area contributed by atoms with Gasteiger partial charge in [0.25, 0.3) is 17.6 Å². The maximum Gasteiger partial charge on any atom is 0.261 e. The molecule has 2 amide bonds. The lowest BCUT2D eigenvalue weighted by Crippen LogP contribution is -2.35. The zero-order valence-electron chi connectivity index (χ0n) is 12.9. The molecule has 1 aliphatic rings. The van der Waals surface area contributed by atoms with E-state index in [9.17, 15) is 9.59 Å². The van der Waals surface area contributed by atoms with Crippen molar-refractivity contribution in [1.82, 2.24) is 9.47 Å². The summed E-state index contributed by atoms with van der Waals surface area (Å²) in [5.74, 6) is 0.791. The molecule has 0 radical (unpaired) electrons. The zero-order chi connectivity index (χ0) is 15.3. The summed E-state index contributed by atoms with van der Waals surface area (Å²) in [7, 11) is 0. The van der Waals surface area contributed by atoms with E-state index in [-0.39, 0.29) is 11.8 Å². The standard InChI is InChI=1S/C16H20N3O2/c1-5-17-10(4)18(6-2)14-9-12-11(8-13(14)17)15(20)19(7-3)16(12)21/h8-9H,5-7H2,1-4H3/q+1. The van der Waals surface area contributed by atoms with E-state index in [2.05, 4.69) is 29.9 Å². The van der Waals surface area contributed by atoms with Crippen LogP contribution in [0.1, 0.15) is 47.3 Å². The second-order valence-electron chi connectivity index (χ2n) is 5.28. The lowest BCUT2D eigenvalue weighted by Gasteiger charge is -2.08. The van der Waals surface area contributed by atoms with E-state index in [0.29, 0.717) is 17.7 Å². The number of imide groups is 1. The fourth-order valence-corrected chi connectivity index (χ4v) is 3.33. The van der Waals surface area contributed by atoms with Gasteiger partial charge < -0.3 is 0 Å². The summed E-state index contributed by atoms with van der Waals surface area (Å²) in [5, 5.41) is 0. The molecule has 0 N–H and O–H groups in total. The smallest absolute Gasteiger partial charge is 0.261 e. The van der Waals surface area contributed by atoms with Gasteiger partial charge in [-0.05, 0) is 20.8 Å². The molecule has 0 spiro atoms. The molecule has 5 heteroatoms. The van der Waals surface area contributed by atoms with E-state index in [4.69, 9.17) is 0 Å². The first-order valence-electron chi connectivity index (χ1n) is 7.47. The Balaban J connectivity index is 2.35. The minimum Gasteiger partial charge on any atom is -0.275 e. The third kappa shape index (κ3) is 1.66. The van der Waals surface area contributed by atoms with Crippen LogP contribution in [0.3, 0.4) is 0 Å². The number of rotatable bonds is 3. The summed E-state index contributed by atoms with van der Waals surface area (Å²) in [6.45, 7) is 10.2. The molecule has 5 nitrogen and oxygen atoms in total. The SMILES string of the molecule is CCN1C(=O)c2cc3c(cc2C1=O)[n+](CC)c(C)n3CC. The molecule has 0 aliphatic carbocycles. The molecule has 110 valence electrons. The van der Waals surface area contributed by atoms with Crippen molar-refractivity contribution in [2.45, 2.75) is 40.8 Å². The molecule has 2 aromatic rings. The van der Waals surface area contributed by atoms with Crippen LogP contribution in [0.4, 0.5) is 0 Å². The van der Waals surface area contributed by atoms with Crippen molar-refractivity contribution in [3.05, 3.63) is 29.1 Å². The van der Waals surface area contributed by atoms with Crippen molar-refractivity contribution in [3.8, 4) is 0 Å². The summed E-state index contributed by atoms with van der Waals surface area (Å²) in [6.07, 6.45) is 0. The molecule has 3 rings (SSSR count). The topological polar surface area (TPSA) is 46.2 Å². The first kappa shape index (κ1) is 13.8. The van der Waals surface area contributed by atoms with Crippen LogP contribution < -0.4 is 4.57 Å². The van der Waals surface area contributed by atoms with Gasteiger partial charge in [0.05, 0.1) is 24.2 Å². The Labute approximate surface area is 123 Å². The van der Waals surface area contributed by atoms with Crippen LogP contribution in [-0.4, -0.2) is 27.8 Å². The highest BCUT2D eigenvalue weighted by molar-refractivity contribution is 6.22. The number of hydrogen-bond acceptors (Lipinski definition) is 2. The largest absolute Gasteiger partial charge is 0.275 e. The van der Waals surface area contributed by atoms with Crippen LogP contribution in [0, 0.1) is 6.92 Å². The van der Waals surface area contributed by atoms with E-state index in [1.165, 1.54) is 4.90 Å². The number of imidazole rings is 1. The van der Waals surface area contributed by atoms with E-state index in [1.807, 2.05) is 19.1 Å². The highest BCUT2D eigenvalue weighted by Crippen LogP contribution is 2.27. The first-order valence-corrected chi connectivity index (χ1v) is 7.47. The van der Waals surface area contributed by atoms with Crippen molar-refractivity contribution in [1.29, 1.82) is 0 Å². The van der Waals surface area contributed by atoms with Gasteiger partial charge in [-0.25, -0.2) is 9.13 Å². The van der Waals surface area contributed by atoms with Crippen LogP contribution in [0.5, 0.6) is 0 Å². The molecule has 0 saturated heterocycles. The number of carbonyl (C=O) groups is 2. The van der Waals surface area contributed by atoms with Crippen molar-refractivity contribution in [3.63, 3.8) is 0 Å². The van der Waals surface area contributed by atoms with Crippen molar-refractivity contribution >= 4 is 22.8 Å². The fraction of sp³-hybridized carbons (Fsp3) is 0.438. The summed E-state index contributed by atoms with van der Waals surface area (Å²) < 4.78 is 4.37. The Morgan fingerprint density at radius 3 is 2.14 bits per heavy atom. The molecule has 21 heavy (non-hydrogen) atoms. The summed E-state index contributed by atoms with van der Waals surface area (Å²) in [4.78, 5) is 26.0. The Morgan fingerprint density at radius 2 is 1.62 bits per heavy atom. The number of nitrogens with zero attached hydrogens (tertiary/aromatic N) is 3. The lowest BCUT2D eigenvalue weighted by molar-refractivity contribution is -0.674. The average molecular weight is 286 g/mol. The normalized spacial score (nSPS) is 14.4. The van der Waals surface area contributed by atoms with Gasteiger partial charge in [0.2, 0.25) is 0 Å². The van der Waals surface area contributed by atoms with Gasteiger partial charge in [-0.3, -0.25) is 14.5 Å². The lowest BCUT2D eigenvalue weighted by atomic mass is 10.1. The quantitative estimate of drug-likeness (QED) is 0.639. The predicted molar refractivity (Wildman–Crippen MR) is 79.3 cm³/mol. The number of aromatic nitrogens is 2. The molecule has 0 atom stereocenters. The highest BCUT2D eigenvalue weighted by atomic mass is 16.2. The molecule has 1 aliphatic heterocycles. The van der Waals surface area contributed by atoms with Gasteiger partial charge in [0, 0.05) is 25.6 Å². The van der Waals surface area contributed by atoms with E-state index in [0.717, 1.165) is 29.9 Å². The number of aryl methyl sites for hydroxylation is 2. The number of benzene rings is 1. The molecule has 0 saturated carbocycles. The Kier molecular flexibility index (Phi) is 3.08. The van der Waals surface area contributed by atoms with Gasteiger partial charge in [-0.15, -0.1) is 0 Å². The Morgan fingerprint density at radius 1 is 1.00 bits per heavy atom. The predicted octanol–water partition coefficient (Wildman–Crippen LogP) is 1.89. The molecular formula is C16H20N3O2+. The van der Waals surface area contributed by atoms with Crippen LogP contribution >= 0.6 is 0 Å². The second-order valence-corrected chi connectivity index (χ2v) is 5.28. The van der Waals surface area contributed by atoms with Crippen molar-refractivity contribution in [2.75, 3.05) is 6.54 Å². The van der Waals surface area contributed by atoms with Crippen LogP contribution in [0.15, 0.2) is 12.1 Å². The van der Waals surface area contributed by atoms with Gasteiger partial charge in [-0.1, -0.05) is 0 Å². The van der Waals surface area contributed by atoms with Crippen LogP contribution in [0.25, 0.3) is 11.0 Å². The number of carbonyl (C=O) groups excluding carboxylic acids is 2. The molecule has 1 aromatic carbocycles. The molecule has 0 bridgehead atoms. The maximum absolute atomic E-state index is 12.3. The summed E-state index contributed by atoms with van der Waals surface area (Å²) >= 11 is 0. The summed E-state index contributed by atoms with van der Waals surface area (Å²) in [6, 6.07) is 3.76. The van der Waals surface area contributed by atoms with E-state index >= 15 is 0 Å². The molecule has 1 aromatic heterocycles. The number of amides is 2. The highest BCUT2D eigenvalue weighted by Gasteiger charge is 2.37. The number of hydrogen-bond donors (Lipinski definition) is 0. The summed E-state index contributed by atoms with van der Waals surface area (Å²) in [5.41, 5.74) is 3.11. The minimum atomic E-state index is -0.177. The van der Waals surface area contributed by atoms with Crippen LogP contribution in [-0.2, 0) is 13.1 Å².